The summed E-state index contributed by atoms with van der Waals surface area (Å²) in [4.78, 5) is 11.6. The molecule has 1 saturated carbocycles. The van der Waals surface area contributed by atoms with Gasteiger partial charge in [-0.05, 0) is 26.7 Å². The largest absolute Gasteiger partial charge is 0.466 e. The van der Waals surface area contributed by atoms with Gasteiger partial charge in [0.05, 0.1) is 31.8 Å². The minimum atomic E-state index is -0.0786. The van der Waals surface area contributed by atoms with E-state index in [2.05, 4.69) is 22.6 Å². The molecule has 1 fully saturated rings. The van der Waals surface area contributed by atoms with Crippen molar-refractivity contribution in [3.8, 4) is 0 Å². The van der Waals surface area contributed by atoms with E-state index in [1.165, 1.54) is 0 Å². The third-order valence-corrected chi connectivity index (χ3v) is 4.12. The SMILES string of the molecule is CCOCCOC1CC(C(=O)OCC)CC1I. The third kappa shape index (κ3) is 5.09. The molecule has 1 rings (SSSR count). The van der Waals surface area contributed by atoms with Gasteiger partial charge in [-0.2, -0.15) is 0 Å². The monoisotopic (exact) mass is 356 g/mol. The molecular formula is C12H21IO4. The summed E-state index contributed by atoms with van der Waals surface area (Å²) in [6, 6.07) is 0. The maximum Gasteiger partial charge on any atom is 0.309 e. The summed E-state index contributed by atoms with van der Waals surface area (Å²) in [6.45, 7) is 6.20. The topological polar surface area (TPSA) is 44.8 Å². The van der Waals surface area contributed by atoms with E-state index in [4.69, 9.17) is 14.2 Å². The Bertz CT molecular complexity index is 235. The van der Waals surface area contributed by atoms with Gasteiger partial charge in [-0.25, -0.2) is 0 Å². The fourth-order valence-electron chi connectivity index (χ4n) is 1.98. The summed E-state index contributed by atoms with van der Waals surface area (Å²) in [5.74, 6) is -0.0704. The van der Waals surface area contributed by atoms with Gasteiger partial charge in [0.15, 0.2) is 0 Å². The van der Waals surface area contributed by atoms with Crippen LogP contribution >= 0.6 is 22.6 Å². The first-order valence-electron chi connectivity index (χ1n) is 6.19. The van der Waals surface area contributed by atoms with Crippen LogP contribution in [-0.2, 0) is 19.0 Å². The average Bonchev–Trinajstić information content (AvgIpc) is 2.67. The average molecular weight is 356 g/mol. The van der Waals surface area contributed by atoms with Gasteiger partial charge in [0, 0.05) is 10.5 Å². The van der Waals surface area contributed by atoms with Crippen LogP contribution < -0.4 is 0 Å². The lowest BCUT2D eigenvalue weighted by Gasteiger charge is -2.14. The fourth-order valence-corrected chi connectivity index (χ4v) is 3.09. The number of carbonyl (C=O) groups excluding carboxylic acids is 1. The number of hydrogen-bond donors (Lipinski definition) is 0. The van der Waals surface area contributed by atoms with Crippen LogP contribution in [0, 0.1) is 5.92 Å². The smallest absolute Gasteiger partial charge is 0.309 e. The molecule has 100 valence electrons. The number of halogens is 1. The van der Waals surface area contributed by atoms with E-state index in [0.717, 1.165) is 12.8 Å². The normalized spacial score (nSPS) is 28.3. The number of esters is 1. The summed E-state index contributed by atoms with van der Waals surface area (Å²) >= 11 is 2.36. The lowest BCUT2D eigenvalue weighted by Crippen LogP contribution is -2.21. The van der Waals surface area contributed by atoms with E-state index in [1.54, 1.807) is 0 Å². The number of ether oxygens (including phenoxy) is 3. The number of carbonyl (C=O) groups is 1. The van der Waals surface area contributed by atoms with E-state index in [1.807, 2.05) is 13.8 Å². The summed E-state index contributed by atoms with van der Waals surface area (Å²) in [5.41, 5.74) is 0. The Labute approximate surface area is 117 Å². The van der Waals surface area contributed by atoms with E-state index < -0.39 is 0 Å². The molecule has 0 radical (unpaired) electrons. The van der Waals surface area contributed by atoms with Crippen molar-refractivity contribution in [3.63, 3.8) is 0 Å². The molecule has 1 aliphatic rings. The number of rotatable bonds is 7. The molecule has 0 saturated heterocycles. The van der Waals surface area contributed by atoms with Crippen LogP contribution in [0.3, 0.4) is 0 Å². The van der Waals surface area contributed by atoms with Gasteiger partial charge in [0.2, 0.25) is 0 Å². The molecule has 0 amide bonds. The van der Waals surface area contributed by atoms with E-state index >= 15 is 0 Å². The van der Waals surface area contributed by atoms with E-state index in [0.29, 0.717) is 30.4 Å². The highest BCUT2D eigenvalue weighted by atomic mass is 127. The van der Waals surface area contributed by atoms with Crippen molar-refractivity contribution in [2.24, 2.45) is 5.92 Å². The van der Waals surface area contributed by atoms with E-state index in [-0.39, 0.29) is 18.0 Å². The minimum absolute atomic E-state index is 0.00828. The zero-order valence-electron chi connectivity index (χ0n) is 10.5. The molecule has 1 aliphatic carbocycles. The molecule has 0 aromatic heterocycles. The molecule has 0 bridgehead atoms. The molecule has 4 nitrogen and oxygen atoms in total. The Morgan fingerprint density at radius 2 is 2.00 bits per heavy atom. The highest BCUT2D eigenvalue weighted by Gasteiger charge is 2.37. The molecule has 0 N–H and O–H groups in total. The Balaban J connectivity index is 2.26. The molecule has 3 unspecified atom stereocenters. The highest BCUT2D eigenvalue weighted by molar-refractivity contribution is 14.1. The van der Waals surface area contributed by atoms with Crippen molar-refractivity contribution in [1.29, 1.82) is 0 Å². The first-order valence-corrected chi connectivity index (χ1v) is 7.43. The summed E-state index contributed by atoms with van der Waals surface area (Å²) in [5, 5.41) is 0. The van der Waals surface area contributed by atoms with Crippen molar-refractivity contribution >= 4 is 28.6 Å². The summed E-state index contributed by atoms with van der Waals surface area (Å²) in [6.07, 6.45) is 1.79. The van der Waals surface area contributed by atoms with Crippen LogP contribution in [0.15, 0.2) is 0 Å². The van der Waals surface area contributed by atoms with Gasteiger partial charge in [-0.1, -0.05) is 22.6 Å². The standard InChI is InChI=1S/C12H21IO4/c1-3-15-5-6-17-11-8-9(7-10(11)13)12(14)16-4-2/h9-11H,3-8H2,1-2H3. The second-order valence-electron chi connectivity index (χ2n) is 4.04. The zero-order chi connectivity index (χ0) is 12.7. The predicted octanol–water partition coefficient (Wildman–Crippen LogP) is 2.18. The van der Waals surface area contributed by atoms with Crippen molar-refractivity contribution in [2.75, 3.05) is 26.4 Å². The van der Waals surface area contributed by atoms with Crippen molar-refractivity contribution in [2.45, 2.75) is 36.7 Å². The second kappa shape index (κ2) is 8.26. The number of hydrogen-bond acceptors (Lipinski definition) is 4. The maximum atomic E-state index is 11.6. The van der Waals surface area contributed by atoms with Crippen LogP contribution in [0.25, 0.3) is 0 Å². The highest BCUT2D eigenvalue weighted by Crippen LogP contribution is 2.34. The summed E-state index contributed by atoms with van der Waals surface area (Å²) < 4.78 is 16.4. The van der Waals surface area contributed by atoms with Crippen LogP contribution in [0.5, 0.6) is 0 Å². The first-order chi connectivity index (χ1) is 8.19. The van der Waals surface area contributed by atoms with Gasteiger partial charge in [0.25, 0.3) is 0 Å². The van der Waals surface area contributed by atoms with Gasteiger partial charge in [-0.15, -0.1) is 0 Å². The zero-order valence-corrected chi connectivity index (χ0v) is 12.6. The Hall–Kier alpha value is 0.120. The Morgan fingerprint density at radius 1 is 1.24 bits per heavy atom. The van der Waals surface area contributed by atoms with Gasteiger partial charge in [-0.3, -0.25) is 4.79 Å². The molecule has 0 aromatic carbocycles. The van der Waals surface area contributed by atoms with Gasteiger partial charge >= 0.3 is 5.97 Å². The summed E-state index contributed by atoms with van der Waals surface area (Å²) in [7, 11) is 0. The molecule has 3 atom stereocenters. The van der Waals surface area contributed by atoms with Crippen LogP contribution in [0.4, 0.5) is 0 Å². The van der Waals surface area contributed by atoms with Gasteiger partial charge in [0.1, 0.15) is 0 Å². The fraction of sp³-hybridized carbons (Fsp3) is 0.917. The van der Waals surface area contributed by atoms with E-state index in [9.17, 15) is 4.79 Å². The Kier molecular flexibility index (Phi) is 7.38. The van der Waals surface area contributed by atoms with Gasteiger partial charge < -0.3 is 14.2 Å². The molecule has 0 aliphatic heterocycles. The molecule has 5 heteroatoms. The molecule has 0 aromatic rings. The molecule has 17 heavy (non-hydrogen) atoms. The van der Waals surface area contributed by atoms with Crippen LogP contribution in [0.2, 0.25) is 0 Å². The van der Waals surface area contributed by atoms with Crippen LogP contribution in [0.1, 0.15) is 26.7 Å². The molecular weight excluding hydrogens is 335 g/mol. The predicted molar refractivity (Wildman–Crippen MR) is 73.4 cm³/mol. The second-order valence-corrected chi connectivity index (χ2v) is 5.64. The molecule has 0 spiro atoms. The number of alkyl halides is 1. The van der Waals surface area contributed by atoms with Crippen molar-refractivity contribution in [3.05, 3.63) is 0 Å². The lowest BCUT2D eigenvalue weighted by molar-refractivity contribution is -0.148. The van der Waals surface area contributed by atoms with Crippen molar-refractivity contribution in [1.82, 2.24) is 0 Å². The first kappa shape index (κ1) is 15.2. The van der Waals surface area contributed by atoms with Crippen LogP contribution in [-0.4, -0.2) is 42.4 Å². The van der Waals surface area contributed by atoms with Crippen molar-refractivity contribution < 1.29 is 19.0 Å². The lowest BCUT2D eigenvalue weighted by atomic mass is 10.1. The third-order valence-electron chi connectivity index (χ3n) is 2.81. The maximum absolute atomic E-state index is 11.6. The quantitative estimate of drug-likeness (QED) is 0.304. The minimum Gasteiger partial charge on any atom is -0.466 e. The Morgan fingerprint density at radius 3 is 2.65 bits per heavy atom. The molecule has 0 heterocycles.